The molecule has 1 aliphatic carbocycles. The van der Waals surface area contributed by atoms with E-state index in [4.69, 9.17) is 0 Å². The van der Waals surface area contributed by atoms with Crippen molar-refractivity contribution in [2.24, 2.45) is 5.92 Å². The van der Waals surface area contributed by atoms with Crippen LogP contribution in [0, 0.1) is 17.6 Å². The van der Waals surface area contributed by atoms with E-state index in [1.54, 1.807) is 0 Å². The Morgan fingerprint density at radius 1 is 1.08 bits per heavy atom. The zero-order chi connectivity index (χ0) is 27.3. The minimum Gasteiger partial charge on any atom is -0.347 e. The Morgan fingerprint density at radius 3 is 2.35 bits per heavy atom. The highest BCUT2D eigenvalue weighted by Crippen LogP contribution is 2.43. The van der Waals surface area contributed by atoms with Gasteiger partial charge in [0.1, 0.15) is 23.8 Å². The topological polar surface area (TPSA) is 83.6 Å². The lowest BCUT2D eigenvalue weighted by molar-refractivity contribution is -0.140. The van der Waals surface area contributed by atoms with E-state index in [1.807, 2.05) is 0 Å². The van der Waals surface area contributed by atoms with Gasteiger partial charge < -0.3 is 10.2 Å². The molecule has 1 aliphatic heterocycles. The van der Waals surface area contributed by atoms with E-state index in [1.165, 1.54) is 18.2 Å². The van der Waals surface area contributed by atoms with E-state index >= 15 is 0 Å². The van der Waals surface area contributed by atoms with Crippen LogP contribution in [-0.2, 0) is 20.8 Å². The minimum absolute atomic E-state index is 0.0317. The molecule has 3 atom stereocenters. The molecule has 0 spiro atoms. The number of halogens is 6. The van der Waals surface area contributed by atoms with Gasteiger partial charge in [-0.3, -0.25) is 9.59 Å². The average molecular weight is 549 g/mol. The number of hydrogen-bond donors (Lipinski definition) is 1. The van der Waals surface area contributed by atoms with E-state index < -0.39 is 81.8 Å². The molecule has 0 radical (unpaired) electrons. The number of sulfone groups is 1. The third-order valence-corrected chi connectivity index (χ3v) is 7.55. The summed E-state index contributed by atoms with van der Waals surface area (Å²) in [6, 6.07) is 2.90. The van der Waals surface area contributed by atoms with Gasteiger partial charge in [0, 0.05) is 23.8 Å². The van der Waals surface area contributed by atoms with Gasteiger partial charge in [-0.25, -0.2) is 21.6 Å². The lowest BCUT2D eigenvalue weighted by Crippen LogP contribution is -2.47. The summed E-state index contributed by atoms with van der Waals surface area (Å²) in [6.07, 6.45) is -5.17. The number of likely N-dealkylation sites (tertiary alicyclic amines) is 1. The molecule has 37 heavy (non-hydrogen) atoms. The van der Waals surface area contributed by atoms with Crippen LogP contribution in [0.15, 0.2) is 41.3 Å². The summed E-state index contributed by atoms with van der Waals surface area (Å²) in [4.78, 5) is 27.0. The van der Waals surface area contributed by atoms with Crippen molar-refractivity contribution in [3.8, 4) is 0 Å². The smallest absolute Gasteiger partial charge is 0.347 e. The molecule has 0 aromatic heterocycles. The van der Waals surface area contributed by atoms with E-state index in [0.717, 1.165) is 17.2 Å². The van der Waals surface area contributed by atoms with Gasteiger partial charge in [0.15, 0.2) is 9.84 Å². The van der Waals surface area contributed by atoms with Crippen LogP contribution in [0.5, 0.6) is 0 Å². The van der Waals surface area contributed by atoms with Gasteiger partial charge >= 0.3 is 6.18 Å². The maximum Gasteiger partial charge on any atom is 0.419 e. The second-order valence-corrected chi connectivity index (χ2v) is 11.3. The molecule has 6 nitrogen and oxygen atoms in total. The largest absolute Gasteiger partial charge is 0.419 e. The monoisotopic (exact) mass is 548 g/mol. The molecule has 0 unspecified atom stereocenters. The number of amides is 2. The Bertz CT molecular complexity index is 1340. The lowest BCUT2D eigenvalue weighted by Gasteiger charge is -2.27. The Labute approximate surface area is 208 Å². The van der Waals surface area contributed by atoms with Crippen molar-refractivity contribution in [2.75, 3.05) is 12.8 Å². The molecule has 2 amide bonds. The van der Waals surface area contributed by atoms with Crippen LogP contribution in [0.2, 0.25) is 0 Å². The van der Waals surface area contributed by atoms with Crippen LogP contribution in [0.3, 0.4) is 0 Å². The Hall–Kier alpha value is -3.09. The fourth-order valence-corrected chi connectivity index (χ4v) is 5.10. The quantitative estimate of drug-likeness (QED) is 0.549. The van der Waals surface area contributed by atoms with Gasteiger partial charge in [0.25, 0.3) is 5.91 Å². The molecule has 1 saturated heterocycles. The second-order valence-electron chi connectivity index (χ2n) is 9.28. The molecule has 0 bridgehead atoms. The van der Waals surface area contributed by atoms with Crippen LogP contribution in [0.25, 0.3) is 0 Å². The first kappa shape index (κ1) is 27.0. The van der Waals surface area contributed by atoms with Gasteiger partial charge in [-0.15, -0.1) is 0 Å². The molecule has 2 aliphatic rings. The first-order valence-corrected chi connectivity index (χ1v) is 13.2. The summed E-state index contributed by atoms with van der Waals surface area (Å²) >= 11 is 0. The number of benzene rings is 2. The average Bonchev–Trinajstić information content (AvgIpc) is 3.57. The van der Waals surface area contributed by atoms with Crippen molar-refractivity contribution >= 4 is 21.7 Å². The predicted molar refractivity (Wildman–Crippen MR) is 119 cm³/mol. The van der Waals surface area contributed by atoms with E-state index in [0.29, 0.717) is 18.9 Å². The summed E-state index contributed by atoms with van der Waals surface area (Å²) in [5.41, 5.74) is -2.35. The zero-order valence-corrected chi connectivity index (χ0v) is 20.2. The van der Waals surface area contributed by atoms with Gasteiger partial charge in [-0.2, -0.15) is 13.2 Å². The summed E-state index contributed by atoms with van der Waals surface area (Å²) in [6.45, 7) is -0.461. The van der Waals surface area contributed by atoms with Gasteiger partial charge in [0.05, 0.1) is 23.0 Å². The number of nitrogens with one attached hydrogen (secondary N) is 1. The van der Waals surface area contributed by atoms with Crippen molar-refractivity contribution in [3.05, 3.63) is 64.7 Å². The van der Waals surface area contributed by atoms with Crippen LogP contribution in [0.4, 0.5) is 26.3 Å². The number of carbonyl (C=O) groups excluding carboxylic acids is 2. The highest BCUT2D eigenvalue weighted by atomic mass is 32.2. The molecule has 13 heteroatoms. The van der Waals surface area contributed by atoms with Crippen LogP contribution >= 0.6 is 0 Å². The number of rotatable bonds is 6. The summed E-state index contributed by atoms with van der Waals surface area (Å²) in [7, 11) is -3.65. The van der Waals surface area contributed by atoms with Crippen molar-refractivity contribution in [3.63, 3.8) is 0 Å². The minimum atomic E-state index is -5.11. The van der Waals surface area contributed by atoms with Crippen LogP contribution < -0.4 is 5.32 Å². The maximum absolute atomic E-state index is 14.7. The van der Waals surface area contributed by atoms with Gasteiger partial charge in [0.2, 0.25) is 5.91 Å². The Balaban J connectivity index is 1.59. The Kier molecular flexibility index (Phi) is 7.04. The fourth-order valence-electron chi connectivity index (χ4n) is 4.43. The van der Waals surface area contributed by atoms with E-state index in [-0.39, 0.29) is 22.4 Å². The van der Waals surface area contributed by atoms with Crippen LogP contribution in [-0.4, -0.2) is 50.1 Å². The van der Waals surface area contributed by atoms with Crippen molar-refractivity contribution in [2.45, 2.75) is 48.6 Å². The molecule has 200 valence electrons. The third kappa shape index (κ3) is 5.76. The fraction of sp³-hybridized carbons (Fsp3) is 0.417. The molecule has 4 rings (SSSR count). The van der Waals surface area contributed by atoms with Crippen LogP contribution in [0.1, 0.15) is 46.8 Å². The van der Waals surface area contributed by atoms with E-state index in [9.17, 15) is 44.3 Å². The SMILES string of the molecule is CS(=O)(=O)c1cccc(C(=O)N2C[C@@H](F)C[C@@H]2C(=O)N[C@@H](c2cc(F)c(C(F)(F)F)cc2F)C2CC2)c1. The molecule has 1 heterocycles. The van der Waals surface area contributed by atoms with Crippen molar-refractivity contribution < 1.29 is 44.3 Å². The molecule has 1 saturated carbocycles. The maximum atomic E-state index is 14.7. The highest BCUT2D eigenvalue weighted by molar-refractivity contribution is 7.90. The number of hydrogen-bond acceptors (Lipinski definition) is 4. The normalized spacial score (nSPS) is 21.1. The summed E-state index contributed by atoms with van der Waals surface area (Å²) in [5, 5.41) is 2.47. The standard InChI is InChI=1S/C24H22F6N2O4S/c1-37(35,36)15-4-2-3-13(7-15)23(34)32-11-14(25)8-20(32)22(33)31-21(12-5-6-12)16-9-19(27)17(10-18(16)26)24(28,29)30/h2-4,7,9-10,12,14,20-21H,5-6,8,11H2,1H3,(H,31,33)/t14-,20+,21+/m0/s1. The second kappa shape index (κ2) is 9.66. The first-order chi connectivity index (χ1) is 17.2. The van der Waals surface area contributed by atoms with Gasteiger partial charge in [-0.1, -0.05) is 6.07 Å². The molecule has 2 fully saturated rings. The van der Waals surface area contributed by atoms with Crippen molar-refractivity contribution in [1.29, 1.82) is 0 Å². The molecule has 2 aromatic carbocycles. The molecular weight excluding hydrogens is 526 g/mol. The van der Waals surface area contributed by atoms with E-state index in [2.05, 4.69) is 5.32 Å². The predicted octanol–water partition coefficient (Wildman–Crippen LogP) is 4.21. The first-order valence-electron chi connectivity index (χ1n) is 11.3. The zero-order valence-electron chi connectivity index (χ0n) is 19.4. The summed E-state index contributed by atoms with van der Waals surface area (Å²) in [5.74, 6) is -5.13. The lowest BCUT2D eigenvalue weighted by atomic mass is 9.98. The molecule has 2 aromatic rings. The van der Waals surface area contributed by atoms with Crippen molar-refractivity contribution in [1.82, 2.24) is 10.2 Å². The highest BCUT2D eigenvalue weighted by Gasteiger charge is 2.44. The third-order valence-electron chi connectivity index (χ3n) is 6.44. The Morgan fingerprint density at radius 2 is 1.76 bits per heavy atom. The van der Waals surface area contributed by atoms with Gasteiger partial charge in [-0.05, 0) is 49.1 Å². The number of carbonyl (C=O) groups is 2. The molecular formula is C24H22F6N2O4S. The number of nitrogens with zero attached hydrogens (tertiary/aromatic N) is 1. The summed E-state index contributed by atoms with van der Waals surface area (Å²) < 4.78 is 106. The molecule has 1 N–H and O–H groups in total. The number of alkyl halides is 4.